The number of thioether (sulfide) groups is 1. The van der Waals surface area contributed by atoms with Crippen LogP contribution in [0, 0.1) is 0 Å². The lowest BCUT2D eigenvalue weighted by molar-refractivity contribution is -0.181. The molecule has 0 aliphatic carbocycles. The van der Waals surface area contributed by atoms with Gasteiger partial charge in [-0.25, -0.2) is 0 Å². The molecule has 2 heterocycles. The summed E-state index contributed by atoms with van der Waals surface area (Å²) in [5.74, 6) is 0.911. The average Bonchev–Trinajstić information content (AvgIpc) is 3.11. The molecule has 0 saturated carbocycles. The van der Waals surface area contributed by atoms with Crippen molar-refractivity contribution < 1.29 is 20.1 Å². The van der Waals surface area contributed by atoms with Crippen molar-refractivity contribution in [2.24, 2.45) is 0 Å². The van der Waals surface area contributed by atoms with Crippen molar-refractivity contribution in [3.8, 4) is 0 Å². The minimum Gasteiger partial charge on any atom is -0.394 e. The fourth-order valence-corrected chi connectivity index (χ4v) is 5.51. The van der Waals surface area contributed by atoms with Gasteiger partial charge in [-0.1, -0.05) is 36.4 Å². The van der Waals surface area contributed by atoms with E-state index >= 15 is 0 Å². The SMILES string of the molecule is OC[C@H]1O[C@@H](c2ccc3scc(SCc4ccccc4)c3c2)C[C@@H](O)[C@@H]1O. The lowest BCUT2D eigenvalue weighted by Crippen LogP contribution is -2.47. The van der Waals surface area contributed by atoms with Gasteiger partial charge in [-0.2, -0.15) is 0 Å². The number of thiophene rings is 1. The third-order valence-electron chi connectivity index (χ3n) is 4.92. The first-order chi connectivity index (χ1) is 13.2. The first-order valence-corrected chi connectivity index (χ1v) is 10.8. The van der Waals surface area contributed by atoms with Crippen LogP contribution in [0.25, 0.3) is 10.1 Å². The summed E-state index contributed by atoms with van der Waals surface area (Å²) >= 11 is 3.53. The van der Waals surface area contributed by atoms with Crippen LogP contribution in [0.5, 0.6) is 0 Å². The van der Waals surface area contributed by atoms with E-state index in [1.54, 1.807) is 11.3 Å². The molecule has 1 aromatic heterocycles. The van der Waals surface area contributed by atoms with E-state index in [2.05, 4.69) is 41.8 Å². The van der Waals surface area contributed by atoms with Crippen LogP contribution < -0.4 is 0 Å². The van der Waals surface area contributed by atoms with E-state index in [0.29, 0.717) is 6.42 Å². The number of ether oxygens (including phenoxy) is 1. The van der Waals surface area contributed by atoms with Crippen LogP contribution in [0.2, 0.25) is 0 Å². The number of rotatable bonds is 5. The number of aliphatic hydroxyl groups excluding tert-OH is 3. The van der Waals surface area contributed by atoms with Crippen LogP contribution in [0.4, 0.5) is 0 Å². The van der Waals surface area contributed by atoms with Gasteiger partial charge >= 0.3 is 0 Å². The summed E-state index contributed by atoms with van der Waals surface area (Å²) in [6, 6.07) is 16.6. The summed E-state index contributed by atoms with van der Waals surface area (Å²) in [5, 5.41) is 32.8. The van der Waals surface area contributed by atoms with Gasteiger partial charge in [0.05, 0.1) is 18.8 Å². The first-order valence-electron chi connectivity index (χ1n) is 8.96. The lowest BCUT2D eigenvalue weighted by Gasteiger charge is -2.36. The van der Waals surface area contributed by atoms with E-state index in [0.717, 1.165) is 11.3 Å². The molecule has 3 N–H and O–H groups in total. The quantitative estimate of drug-likeness (QED) is 0.567. The zero-order chi connectivity index (χ0) is 18.8. The molecule has 1 aliphatic rings. The highest BCUT2D eigenvalue weighted by Crippen LogP contribution is 2.39. The Kier molecular flexibility index (Phi) is 5.82. The maximum absolute atomic E-state index is 10.1. The molecule has 0 bridgehead atoms. The van der Waals surface area contributed by atoms with Crippen molar-refractivity contribution in [1.82, 2.24) is 0 Å². The fraction of sp³-hybridized carbons (Fsp3) is 0.333. The predicted molar refractivity (Wildman–Crippen MR) is 109 cm³/mol. The molecule has 1 aliphatic heterocycles. The highest BCUT2D eigenvalue weighted by Gasteiger charge is 2.36. The van der Waals surface area contributed by atoms with Gasteiger partial charge in [-0.3, -0.25) is 0 Å². The summed E-state index contributed by atoms with van der Waals surface area (Å²) in [4.78, 5) is 1.23. The van der Waals surface area contributed by atoms with Crippen LogP contribution in [-0.2, 0) is 10.5 Å². The smallest absolute Gasteiger partial charge is 0.110 e. The average molecular weight is 403 g/mol. The van der Waals surface area contributed by atoms with Crippen LogP contribution >= 0.6 is 23.1 Å². The minimum absolute atomic E-state index is 0.312. The predicted octanol–water partition coefficient (Wildman–Crippen LogP) is 3.74. The summed E-state index contributed by atoms with van der Waals surface area (Å²) in [6.07, 6.45) is -2.72. The zero-order valence-electron chi connectivity index (χ0n) is 14.7. The Morgan fingerprint density at radius 3 is 2.70 bits per heavy atom. The highest BCUT2D eigenvalue weighted by molar-refractivity contribution is 7.98. The maximum Gasteiger partial charge on any atom is 0.110 e. The Morgan fingerprint density at radius 2 is 1.93 bits per heavy atom. The van der Waals surface area contributed by atoms with Gasteiger partial charge in [0.15, 0.2) is 0 Å². The van der Waals surface area contributed by atoms with Gasteiger partial charge < -0.3 is 20.1 Å². The van der Waals surface area contributed by atoms with E-state index < -0.39 is 18.3 Å². The number of hydrogen-bond donors (Lipinski definition) is 3. The van der Waals surface area contributed by atoms with Crippen molar-refractivity contribution in [1.29, 1.82) is 0 Å². The van der Waals surface area contributed by atoms with E-state index in [4.69, 9.17) is 4.74 Å². The lowest BCUT2D eigenvalue weighted by atomic mass is 9.93. The molecule has 142 valence electrons. The molecule has 4 rings (SSSR count). The number of aliphatic hydroxyl groups is 3. The molecular weight excluding hydrogens is 380 g/mol. The molecule has 6 heteroatoms. The number of benzene rings is 2. The molecule has 3 aromatic rings. The molecular formula is C21H22O4S2. The van der Waals surface area contributed by atoms with Crippen molar-refractivity contribution in [2.45, 2.75) is 41.5 Å². The molecule has 2 aromatic carbocycles. The van der Waals surface area contributed by atoms with Gasteiger partial charge in [0.1, 0.15) is 12.2 Å². The second-order valence-corrected chi connectivity index (χ2v) is 8.70. The van der Waals surface area contributed by atoms with Crippen LogP contribution in [0.1, 0.15) is 23.7 Å². The molecule has 0 unspecified atom stereocenters. The second kappa shape index (κ2) is 8.31. The summed E-state index contributed by atoms with van der Waals surface area (Å²) in [7, 11) is 0. The van der Waals surface area contributed by atoms with E-state index in [1.807, 2.05) is 23.9 Å². The van der Waals surface area contributed by atoms with E-state index in [-0.39, 0.29) is 12.7 Å². The number of fused-ring (bicyclic) bond motifs is 1. The Labute approximate surface area is 166 Å². The highest BCUT2D eigenvalue weighted by atomic mass is 32.2. The Balaban J connectivity index is 1.56. The molecule has 0 amide bonds. The zero-order valence-corrected chi connectivity index (χ0v) is 16.3. The summed E-state index contributed by atoms with van der Waals surface area (Å²) < 4.78 is 7.05. The fourth-order valence-electron chi connectivity index (χ4n) is 3.39. The standard InChI is InChI=1S/C21H22O4S2/c22-10-18-21(24)16(23)9-17(25-18)14-6-7-19-15(8-14)20(12-27-19)26-11-13-4-2-1-3-5-13/h1-8,12,16-18,21-24H,9-11H2/t16-,17-,18-,21+/m1/s1. The molecule has 27 heavy (non-hydrogen) atoms. The topological polar surface area (TPSA) is 69.9 Å². The first kappa shape index (κ1) is 18.9. The van der Waals surface area contributed by atoms with Gasteiger partial charge in [-0.05, 0) is 23.3 Å². The molecule has 4 nitrogen and oxygen atoms in total. The molecule has 0 radical (unpaired) electrons. The van der Waals surface area contributed by atoms with Gasteiger partial charge in [0, 0.05) is 32.5 Å². The van der Waals surface area contributed by atoms with Crippen molar-refractivity contribution in [3.63, 3.8) is 0 Å². The normalized spacial score (nSPS) is 25.7. The van der Waals surface area contributed by atoms with Crippen molar-refractivity contribution in [2.75, 3.05) is 6.61 Å². The van der Waals surface area contributed by atoms with E-state index in [1.165, 1.54) is 20.5 Å². The number of hydrogen-bond acceptors (Lipinski definition) is 6. The molecule has 0 spiro atoms. The Bertz CT molecular complexity index is 896. The van der Waals surface area contributed by atoms with Gasteiger partial charge in [0.2, 0.25) is 0 Å². The second-order valence-electron chi connectivity index (χ2n) is 6.77. The molecule has 1 fully saturated rings. The van der Waals surface area contributed by atoms with Gasteiger partial charge in [0.25, 0.3) is 0 Å². The monoisotopic (exact) mass is 402 g/mol. The van der Waals surface area contributed by atoms with Crippen LogP contribution in [0.3, 0.4) is 0 Å². The largest absolute Gasteiger partial charge is 0.394 e. The Hall–Kier alpha value is -1.41. The Morgan fingerprint density at radius 1 is 1.11 bits per heavy atom. The van der Waals surface area contributed by atoms with Crippen LogP contribution in [0.15, 0.2) is 58.8 Å². The third kappa shape index (κ3) is 4.06. The van der Waals surface area contributed by atoms with Crippen molar-refractivity contribution >= 4 is 33.2 Å². The maximum atomic E-state index is 10.1. The minimum atomic E-state index is -1.05. The van der Waals surface area contributed by atoms with E-state index in [9.17, 15) is 15.3 Å². The van der Waals surface area contributed by atoms with Crippen molar-refractivity contribution in [3.05, 3.63) is 65.0 Å². The van der Waals surface area contributed by atoms with Crippen LogP contribution in [-0.4, -0.2) is 40.2 Å². The molecule has 4 atom stereocenters. The molecule has 1 saturated heterocycles. The third-order valence-corrected chi connectivity index (χ3v) is 7.16. The summed E-state index contributed by atoms with van der Waals surface area (Å²) in [5.41, 5.74) is 2.25. The van der Waals surface area contributed by atoms with Gasteiger partial charge in [-0.15, -0.1) is 23.1 Å². The summed E-state index contributed by atoms with van der Waals surface area (Å²) in [6.45, 7) is -0.312.